The minimum atomic E-state index is 0.0403. The minimum absolute atomic E-state index is 0.0403. The monoisotopic (exact) mass is 267 g/mol. The van der Waals surface area contributed by atoms with Gasteiger partial charge >= 0.3 is 0 Å². The van der Waals surface area contributed by atoms with Gasteiger partial charge in [0.1, 0.15) is 0 Å². The van der Waals surface area contributed by atoms with E-state index in [9.17, 15) is 4.79 Å². The first-order valence-electron chi connectivity index (χ1n) is 6.17. The Balaban J connectivity index is 2.09. The first-order valence-corrected chi connectivity index (χ1v) is 6.70. The molecule has 0 N–H and O–H groups in total. The average Bonchev–Trinajstić information content (AvgIpc) is 2.83. The fourth-order valence-corrected chi connectivity index (χ4v) is 2.50. The summed E-state index contributed by atoms with van der Waals surface area (Å²) in [6.07, 6.45) is 1.02. The van der Waals surface area contributed by atoms with Crippen molar-refractivity contribution in [3.63, 3.8) is 0 Å². The quantitative estimate of drug-likeness (QED) is 0.788. The number of benzene rings is 1. The molecule has 0 spiro atoms. The Kier molecular flexibility index (Phi) is 4.25. The van der Waals surface area contributed by atoms with Crippen molar-refractivity contribution >= 4 is 17.5 Å². The summed E-state index contributed by atoms with van der Waals surface area (Å²) in [7, 11) is 1.84. The highest BCUT2D eigenvalue weighted by molar-refractivity contribution is 6.17. The second-order valence-electron chi connectivity index (χ2n) is 4.68. The van der Waals surface area contributed by atoms with E-state index >= 15 is 0 Å². The lowest BCUT2D eigenvalue weighted by Crippen LogP contribution is -2.40. The first kappa shape index (κ1) is 13.4. The molecule has 0 bridgehead atoms. The molecule has 1 aliphatic heterocycles. The third-order valence-corrected chi connectivity index (χ3v) is 3.82. The van der Waals surface area contributed by atoms with Crippen molar-refractivity contribution in [3.8, 4) is 0 Å². The standard InChI is InChI=1S/C14H18ClNO2/c1-10-13(7-8-18-10)16(2)14(17)12-5-3-11(9-15)4-6-12/h3-6,10,13H,7-9H2,1-2H3. The lowest BCUT2D eigenvalue weighted by atomic mass is 10.1. The van der Waals surface area contributed by atoms with Crippen molar-refractivity contribution in [3.05, 3.63) is 35.4 Å². The van der Waals surface area contributed by atoms with Crippen LogP contribution in [-0.2, 0) is 10.6 Å². The lowest BCUT2D eigenvalue weighted by molar-refractivity contribution is 0.0574. The van der Waals surface area contributed by atoms with Gasteiger partial charge in [-0.25, -0.2) is 0 Å². The summed E-state index contributed by atoms with van der Waals surface area (Å²) >= 11 is 5.73. The maximum atomic E-state index is 12.3. The van der Waals surface area contributed by atoms with Gasteiger partial charge in [-0.15, -0.1) is 11.6 Å². The summed E-state index contributed by atoms with van der Waals surface area (Å²) in [5, 5.41) is 0. The van der Waals surface area contributed by atoms with E-state index in [-0.39, 0.29) is 18.1 Å². The summed E-state index contributed by atoms with van der Waals surface area (Å²) in [5.74, 6) is 0.510. The van der Waals surface area contributed by atoms with Crippen LogP contribution in [0.1, 0.15) is 29.3 Å². The number of ether oxygens (including phenoxy) is 1. The average molecular weight is 268 g/mol. The van der Waals surface area contributed by atoms with Gasteiger partial charge in [-0.1, -0.05) is 12.1 Å². The molecule has 2 atom stereocenters. The molecule has 0 aromatic heterocycles. The molecule has 1 fully saturated rings. The number of carbonyl (C=O) groups is 1. The van der Waals surface area contributed by atoms with Crippen molar-refractivity contribution < 1.29 is 9.53 Å². The SMILES string of the molecule is CC1OCCC1N(C)C(=O)c1ccc(CCl)cc1. The molecular formula is C14H18ClNO2. The molecule has 3 nitrogen and oxygen atoms in total. The van der Waals surface area contributed by atoms with Gasteiger partial charge in [0.25, 0.3) is 5.91 Å². The summed E-state index contributed by atoms with van der Waals surface area (Å²) in [6, 6.07) is 7.62. The van der Waals surface area contributed by atoms with E-state index in [0.717, 1.165) is 18.6 Å². The smallest absolute Gasteiger partial charge is 0.253 e. The van der Waals surface area contributed by atoms with Gasteiger partial charge in [0.15, 0.2) is 0 Å². The van der Waals surface area contributed by atoms with Crippen LogP contribution in [0, 0.1) is 0 Å². The van der Waals surface area contributed by atoms with Crippen molar-refractivity contribution in [2.45, 2.75) is 31.4 Å². The molecule has 1 aliphatic rings. The van der Waals surface area contributed by atoms with E-state index < -0.39 is 0 Å². The fourth-order valence-electron chi connectivity index (χ4n) is 2.32. The molecule has 2 unspecified atom stereocenters. The predicted octanol–water partition coefficient (Wildman–Crippen LogP) is 2.67. The second kappa shape index (κ2) is 5.72. The number of likely N-dealkylation sites (N-methyl/N-ethyl adjacent to an activating group) is 1. The van der Waals surface area contributed by atoms with Gasteiger partial charge in [0.2, 0.25) is 0 Å². The van der Waals surface area contributed by atoms with Crippen LogP contribution in [0.25, 0.3) is 0 Å². The van der Waals surface area contributed by atoms with Crippen LogP contribution < -0.4 is 0 Å². The molecule has 0 radical (unpaired) electrons. The van der Waals surface area contributed by atoms with E-state index in [1.165, 1.54) is 0 Å². The van der Waals surface area contributed by atoms with Gasteiger partial charge in [-0.3, -0.25) is 4.79 Å². The highest BCUT2D eigenvalue weighted by atomic mass is 35.5. The van der Waals surface area contributed by atoms with Crippen molar-refractivity contribution in [2.75, 3.05) is 13.7 Å². The normalized spacial score (nSPS) is 23.1. The largest absolute Gasteiger partial charge is 0.376 e. The number of amides is 1. The van der Waals surface area contributed by atoms with E-state index in [4.69, 9.17) is 16.3 Å². The third kappa shape index (κ3) is 2.68. The molecule has 18 heavy (non-hydrogen) atoms. The molecule has 1 aromatic rings. The second-order valence-corrected chi connectivity index (χ2v) is 4.95. The molecule has 1 amide bonds. The molecule has 98 valence electrons. The molecular weight excluding hydrogens is 250 g/mol. The van der Waals surface area contributed by atoms with Crippen LogP contribution in [0.4, 0.5) is 0 Å². The number of hydrogen-bond acceptors (Lipinski definition) is 2. The minimum Gasteiger partial charge on any atom is -0.376 e. The third-order valence-electron chi connectivity index (χ3n) is 3.51. The van der Waals surface area contributed by atoms with Crippen LogP contribution in [-0.4, -0.2) is 36.6 Å². The van der Waals surface area contributed by atoms with Gasteiger partial charge in [0, 0.05) is 25.1 Å². The Morgan fingerprint density at radius 3 is 2.61 bits per heavy atom. The highest BCUT2D eigenvalue weighted by Gasteiger charge is 2.30. The van der Waals surface area contributed by atoms with E-state index in [1.54, 1.807) is 4.90 Å². The number of rotatable bonds is 3. The maximum Gasteiger partial charge on any atom is 0.253 e. The van der Waals surface area contributed by atoms with Crippen molar-refractivity contribution in [2.24, 2.45) is 0 Å². The zero-order valence-corrected chi connectivity index (χ0v) is 11.5. The molecule has 0 saturated carbocycles. The summed E-state index contributed by atoms with van der Waals surface area (Å²) in [6.45, 7) is 2.74. The summed E-state index contributed by atoms with van der Waals surface area (Å²) in [5.41, 5.74) is 1.72. The number of carbonyl (C=O) groups excluding carboxylic acids is 1. The molecule has 2 rings (SSSR count). The van der Waals surface area contributed by atoms with Crippen LogP contribution >= 0.6 is 11.6 Å². The maximum absolute atomic E-state index is 12.3. The zero-order valence-electron chi connectivity index (χ0n) is 10.7. The number of nitrogens with zero attached hydrogens (tertiary/aromatic N) is 1. The summed E-state index contributed by atoms with van der Waals surface area (Å²) < 4.78 is 5.50. The molecule has 4 heteroatoms. The van der Waals surface area contributed by atoms with Gasteiger partial charge in [-0.2, -0.15) is 0 Å². The molecule has 1 saturated heterocycles. The van der Waals surface area contributed by atoms with Crippen LogP contribution in [0.5, 0.6) is 0 Å². The number of hydrogen-bond donors (Lipinski definition) is 0. The van der Waals surface area contributed by atoms with E-state index in [1.807, 2.05) is 38.2 Å². The van der Waals surface area contributed by atoms with Gasteiger partial charge in [-0.05, 0) is 31.0 Å². The van der Waals surface area contributed by atoms with E-state index in [0.29, 0.717) is 11.4 Å². The molecule has 0 aliphatic carbocycles. The Hall–Kier alpha value is -1.06. The molecule has 1 aromatic carbocycles. The molecule has 1 heterocycles. The van der Waals surface area contributed by atoms with Gasteiger partial charge in [0.05, 0.1) is 12.1 Å². The Bertz CT molecular complexity index is 418. The lowest BCUT2D eigenvalue weighted by Gasteiger charge is -2.26. The van der Waals surface area contributed by atoms with Crippen LogP contribution in [0.15, 0.2) is 24.3 Å². The summed E-state index contributed by atoms with van der Waals surface area (Å²) in [4.78, 5) is 14.1. The number of alkyl halides is 1. The van der Waals surface area contributed by atoms with Crippen molar-refractivity contribution in [1.29, 1.82) is 0 Å². The zero-order chi connectivity index (χ0) is 13.1. The van der Waals surface area contributed by atoms with Crippen molar-refractivity contribution in [1.82, 2.24) is 4.90 Å². The Labute approximate surface area is 113 Å². The van der Waals surface area contributed by atoms with Gasteiger partial charge < -0.3 is 9.64 Å². The topological polar surface area (TPSA) is 29.5 Å². The number of halogens is 1. The first-order chi connectivity index (χ1) is 8.63. The van der Waals surface area contributed by atoms with E-state index in [2.05, 4.69) is 0 Å². The Morgan fingerprint density at radius 1 is 1.44 bits per heavy atom. The Morgan fingerprint density at radius 2 is 2.11 bits per heavy atom. The highest BCUT2D eigenvalue weighted by Crippen LogP contribution is 2.20. The van der Waals surface area contributed by atoms with Crippen LogP contribution in [0.2, 0.25) is 0 Å². The van der Waals surface area contributed by atoms with Crippen LogP contribution in [0.3, 0.4) is 0 Å². The predicted molar refractivity (Wildman–Crippen MR) is 71.9 cm³/mol. The fraction of sp³-hybridized carbons (Fsp3) is 0.500.